The highest BCUT2D eigenvalue weighted by Gasteiger charge is 2.24. The first-order chi connectivity index (χ1) is 9.16. The van der Waals surface area contributed by atoms with Crippen molar-refractivity contribution in [1.82, 2.24) is 10.3 Å². The topological polar surface area (TPSA) is 44.9 Å². The molecule has 1 atom stereocenters. The van der Waals surface area contributed by atoms with E-state index in [1.807, 2.05) is 0 Å². The number of ketones is 1. The van der Waals surface area contributed by atoms with E-state index in [2.05, 4.69) is 42.3 Å². The minimum atomic E-state index is 0.131. The molecular weight excluding hydrogens is 236 g/mol. The molecule has 3 heteroatoms. The predicted molar refractivity (Wildman–Crippen MR) is 77.5 cm³/mol. The van der Waals surface area contributed by atoms with Crippen LogP contribution in [0.25, 0.3) is 10.9 Å². The molecular formula is C16H20N2O. The Morgan fingerprint density at radius 3 is 2.95 bits per heavy atom. The number of carbonyl (C=O) groups is 1. The van der Waals surface area contributed by atoms with Crippen molar-refractivity contribution in [3.05, 3.63) is 35.0 Å². The number of hydrogen-bond acceptors (Lipinski definition) is 2. The molecule has 1 fully saturated rings. The number of hydrogen-bond donors (Lipinski definition) is 2. The van der Waals surface area contributed by atoms with Gasteiger partial charge in [0, 0.05) is 42.0 Å². The first kappa shape index (κ1) is 12.4. The summed E-state index contributed by atoms with van der Waals surface area (Å²) in [5, 5.41) is 4.60. The standard InChI is InChI=1S/C16H20N2O/c1-10-4-3-5-13-14(11(2)18-16(10)13)8-12-9-17-7-6-15(12)19/h3-5,12,17-18H,6-9H2,1-2H3. The van der Waals surface area contributed by atoms with Crippen molar-refractivity contribution in [2.75, 3.05) is 13.1 Å². The molecule has 1 aliphatic heterocycles. The van der Waals surface area contributed by atoms with Gasteiger partial charge in [0.25, 0.3) is 0 Å². The Bertz CT molecular complexity index is 627. The first-order valence-corrected chi connectivity index (χ1v) is 6.97. The Balaban J connectivity index is 1.98. The summed E-state index contributed by atoms with van der Waals surface area (Å²) in [7, 11) is 0. The van der Waals surface area contributed by atoms with Crippen molar-refractivity contribution in [2.45, 2.75) is 26.7 Å². The SMILES string of the molecule is Cc1[nH]c2c(C)cccc2c1CC1CNCCC1=O. The third-order valence-electron chi connectivity index (χ3n) is 4.21. The zero-order valence-electron chi connectivity index (χ0n) is 11.5. The van der Waals surface area contributed by atoms with Gasteiger partial charge in [-0.05, 0) is 31.4 Å². The Morgan fingerprint density at radius 1 is 1.32 bits per heavy atom. The van der Waals surface area contributed by atoms with Crippen LogP contribution in [-0.2, 0) is 11.2 Å². The van der Waals surface area contributed by atoms with Gasteiger partial charge in [0.2, 0.25) is 0 Å². The molecule has 0 bridgehead atoms. The van der Waals surface area contributed by atoms with E-state index in [4.69, 9.17) is 0 Å². The summed E-state index contributed by atoms with van der Waals surface area (Å²) in [6, 6.07) is 6.37. The van der Waals surface area contributed by atoms with Gasteiger partial charge in [-0.3, -0.25) is 4.79 Å². The van der Waals surface area contributed by atoms with Crippen LogP contribution >= 0.6 is 0 Å². The summed E-state index contributed by atoms with van der Waals surface area (Å²) < 4.78 is 0. The number of rotatable bonds is 2. The number of Topliss-reactive ketones (excluding diaryl/α,β-unsaturated/α-hetero) is 1. The quantitative estimate of drug-likeness (QED) is 0.867. The van der Waals surface area contributed by atoms with Crippen LogP contribution in [0.4, 0.5) is 0 Å². The number of para-hydroxylation sites is 1. The second-order valence-corrected chi connectivity index (χ2v) is 5.55. The van der Waals surface area contributed by atoms with E-state index in [9.17, 15) is 4.79 Å². The van der Waals surface area contributed by atoms with Crippen molar-refractivity contribution in [3.8, 4) is 0 Å². The lowest BCUT2D eigenvalue weighted by Gasteiger charge is -2.21. The fourth-order valence-electron chi connectivity index (χ4n) is 3.05. The monoisotopic (exact) mass is 256 g/mol. The largest absolute Gasteiger partial charge is 0.358 e. The van der Waals surface area contributed by atoms with E-state index >= 15 is 0 Å². The van der Waals surface area contributed by atoms with Gasteiger partial charge < -0.3 is 10.3 Å². The Kier molecular flexibility index (Phi) is 3.15. The van der Waals surface area contributed by atoms with Crippen LogP contribution in [0.5, 0.6) is 0 Å². The zero-order chi connectivity index (χ0) is 13.4. The Hall–Kier alpha value is -1.61. The number of carbonyl (C=O) groups excluding carboxylic acids is 1. The van der Waals surface area contributed by atoms with Crippen molar-refractivity contribution >= 4 is 16.7 Å². The van der Waals surface area contributed by atoms with Crippen LogP contribution in [0.1, 0.15) is 23.2 Å². The van der Waals surface area contributed by atoms with Crippen molar-refractivity contribution in [3.63, 3.8) is 0 Å². The Labute approximate surface area is 113 Å². The summed E-state index contributed by atoms with van der Waals surface area (Å²) in [5.74, 6) is 0.534. The average molecular weight is 256 g/mol. The molecule has 1 aliphatic rings. The van der Waals surface area contributed by atoms with Crippen LogP contribution in [-0.4, -0.2) is 23.9 Å². The maximum Gasteiger partial charge on any atom is 0.138 e. The second-order valence-electron chi connectivity index (χ2n) is 5.55. The van der Waals surface area contributed by atoms with Crippen LogP contribution in [0.3, 0.4) is 0 Å². The maximum absolute atomic E-state index is 12.0. The molecule has 19 heavy (non-hydrogen) atoms. The Morgan fingerprint density at radius 2 is 2.16 bits per heavy atom. The molecule has 0 radical (unpaired) electrons. The fraction of sp³-hybridized carbons (Fsp3) is 0.438. The average Bonchev–Trinajstić information content (AvgIpc) is 2.71. The molecule has 100 valence electrons. The van der Waals surface area contributed by atoms with E-state index in [-0.39, 0.29) is 5.92 Å². The van der Waals surface area contributed by atoms with Crippen LogP contribution < -0.4 is 5.32 Å². The molecule has 1 aromatic carbocycles. The normalized spacial score (nSPS) is 20.1. The lowest BCUT2D eigenvalue weighted by Crippen LogP contribution is -2.38. The molecule has 2 N–H and O–H groups in total. The van der Waals surface area contributed by atoms with Crippen LogP contribution in [0.2, 0.25) is 0 Å². The number of aromatic amines is 1. The number of nitrogens with one attached hydrogen (secondary N) is 2. The van der Waals surface area contributed by atoms with E-state index in [1.54, 1.807) is 0 Å². The smallest absolute Gasteiger partial charge is 0.138 e. The molecule has 1 saturated heterocycles. The number of H-pyrrole nitrogens is 1. The van der Waals surface area contributed by atoms with Gasteiger partial charge in [0.1, 0.15) is 5.78 Å². The summed E-state index contributed by atoms with van der Waals surface area (Å²) in [4.78, 5) is 15.5. The van der Waals surface area contributed by atoms with E-state index in [1.165, 1.54) is 27.7 Å². The number of aryl methyl sites for hydroxylation is 2. The van der Waals surface area contributed by atoms with E-state index < -0.39 is 0 Å². The summed E-state index contributed by atoms with van der Waals surface area (Å²) in [6.45, 7) is 5.88. The van der Waals surface area contributed by atoms with Crippen LogP contribution in [0, 0.1) is 19.8 Å². The molecule has 1 aromatic heterocycles. The minimum absolute atomic E-state index is 0.131. The van der Waals surface area contributed by atoms with Gasteiger partial charge >= 0.3 is 0 Å². The molecule has 3 rings (SSSR count). The highest BCUT2D eigenvalue weighted by Crippen LogP contribution is 2.27. The summed E-state index contributed by atoms with van der Waals surface area (Å²) >= 11 is 0. The van der Waals surface area contributed by atoms with Gasteiger partial charge in [0.15, 0.2) is 0 Å². The number of aromatic nitrogens is 1. The molecule has 0 aliphatic carbocycles. The molecule has 1 unspecified atom stereocenters. The predicted octanol–water partition coefficient (Wildman–Crippen LogP) is 2.51. The fourth-order valence-corrected chi connectivity index (χ4v) is 3.05. The highest BCUT2D eigenvalue weighted by atomic mass is 16.1. The number of piperidine rings is 1. The van der Waals surface area contributed by atoms with Gasteiger partial charge in [-0.25, -0.2) is 0 Å². The third-order valence-corrected chi connectivity index (χ3v) is 4.21. The van der Waals surface area contributed by atoms with Crippen molar-refractivity contribution in [1.29, 1.82) is 0 Å². The highest BCUT2D eigenvalue weighted by molar-refractivity contribution is 5.88. The third kappa shape index (κ3) is 2.19. The maximum atomic E-state index is 12.0. The van der Waals surface area contributed by atoms with Crippen molar-refractivity contribution in [2.24, 2.45) is 5.92 Å². The lowest BCUT2D eigenvalue weighted by atomic mass is 9.90. The van der Waals surface area contributed by atoms with Crippen molar-refractivity contribution < 1.29 is 4.79 Å². The van der Waals surface area contributed by atoms with Gasteiger partial charge in [-0.2, -0.15) is 0 Å². The molecule has 2 heterocycles. The molecule has 2 aromatic rings. The van der Waals surface area contributed by atoms with E-state index in [0.717, 1.165) is 19.5 Å². The molecule has 0 spiro atoms. The van der Waals surface area contributed by atoms with E-state index in [0.29, 0.717) is 12.2 Å². The lowest BCUT2D eigenvalue weighted by molar-refractivity contribution is -0.123. The molecule has 0 saturated carbocycles. The second kappa shape index (κ2) is 4.82. The molecule has 3 nitrogen and oxygen atoms in total. The number of fused-ring (bicyclic) bond motifs is 1. The first-order valence-electron chi connectivity index (χ1n) is 6.97. The van der Waals surface area contributed by atoms with Crippen LogP contribution in [0.15, 0.2) is 18.2 Å². The molecule has 0 amide bonds. The summed E-state index contributed by atoms with van der Waals surface area (Å²) in [5.41, 5.74) is 4.98. The minimum Gasteiger partial charge on any atom is -0.358 e. The van der Waals surface area contributed by atoms with Gasteiger partial charge in [-0.15, -0.1) is 0 Å². The van der Waals surface area contributed by atoms with Gasteiger partial charge in [-0.1, -0.05) is 18.2 Å². The number of benzene rings is 1. The van der Waals surface area contributed by atoms with Gasteiger partial charge in [0.05, 0.1) is 0 Å². The zero-order valence-corrected chi connectivity index (χ0v) is 11.5. The summed E-state index contributed by atoms with van der Waals surface area (Å²) in [6.07, 6.45) is 1.52.